The zero-order chi connectivity index (χ0) is 21.8. The van der Waals surface area contributed by atoms with Crippen LogP contribution in [-0.2, 0) is 17.4 Å². The second-order valence-corrected chi connectivity index (χ2v) is 7.63. The molecule has 0 saturated carbocycles. The number of halogens is 3. The first-order valence-corrected chi connectivity index (χ1v) is 10.2. The van der Waals surface area contributed by atoms with E-state index in [-0.39, 0.29) is 5.91 Å². The van der Waals surface area contributed by atoms with Crippen LogP contribution in [0.25, 0.3) is 10.9 Å². The van der Waals surface area contributed by atoms with E-state index in [1.807, 2.05) is 34.2 Å². The monoisotopic (exact) mass is 431 g/mol. The number of piperazine rings is 1. The van der Waals surface area contributed by atoms with Gasteiger partial charge in [0.05, 0.1) is 12.1 Å². The molecule has 1 aromatic carbocycles. The fourth-order valence-corrected chi connectivity index (χ4v) is 3.81. The molecule has 9 heteroatoms. The second kappa shape index (κ2) is 8.97. The van der Waals surface area contributed by atoms with Gasteiger partial charge in [0, 0.05) is 56.0 Å². The quantitative estimate of drug-likeness (QED) is 0.630. The molecule has 1 aliphatic rings. The van der Waals surface area contributed by atoms with E-state index < -0.39 is 11.7 Å². The van der Waals surface area contributed by atoms with Gasteiger partial charge in [0.1, 0.15) is 5.82 Å². The molecule has 0 unspecified atom stereocenters. The number of nitrogens with zero attached hydrogens (tertiary/aromatic N) is 3. The summed E-state index contributed by atoms with van der Waals surface area (Å²) in [6, 6.07) is 10.5. The van der Waals surface area contributed by atoms with E-state index in [0.29, 0.717) is 45.1 Å². The molecule has 6 nitrogen and oxygen atoms in total. The van der Waals surface area contributed by atoms with Crippen molar-refractivity contribution in [3.63, 3.8) is 0 Å². The highest BCUT2D eigenvalue weighted by Crippen LogP contribution is 2.29. The number of carbonyl (C=O) groups is 1. The summed E-state index contributed by atoms with van der Waals surface area (Å²) >= 11 is 0. The van der Waals surface area contributed by atoms with Crippen molar-refractivity contribution in [2.45, 2.75) is 12.6 Å². The third-order valence-corrected chi connectivity index (χ3v) is 5.53. The number of aromatic nitrogens is 2. The Balaban J connectivity index is 1.20. The van der Waals surface area contributed by atoms with Crippen molar-refractivity contribution in [1.82, 2.24) is 20.2 Å². The number of nitrogens with one attached hydrogen (secondary N) is 2. The summed E-state index contributed by atoms with van der Waals surface area (Å²) in [4.78, 5) is 23.5. The van der Waals surface area contributed by atoms with Crippen LogP contribution >= 0.6 is 0 Å². The van der Waals surface area contributed by atoms with E-state index >= 15 is 0 Å². The first-order valence-electron chi connectivity index (χ1n) is 10.2. The van der Waals surface area contributed by atoms with Crippen molar-refractivity contribution in [3.8, 4) is 0 Å². The molecule has 3 aromatic rings. The number of anilines is 1. The molecular weight excluding hydrogens is 407 g/mol. The van der Waals surface area contributed by atoms with Gasteiger partial charge in [-0.25, -0.2) is 4.98 Å². The molecule has 0 aliphatic carbocycles. The highest BCUT2D eigenvalue weighted by molar-refractivity contribution is 5.83. The molecule has 31 heavy (non-hydrogen) atoms. The topological polar surface area (TPSA) is 64.3 Å². The lowest BCUT2D eigenvalue weighted by atomic mass is 10.1. The summed E-state index contributed by atoms with van der Waals surface area (Å²) in [6.07, 6.45) is -0.789. The molecule has 1 fully saturated rings. The first-order chi connectivity index (χ1) is 14.9. The minimum Gasteiger partial charge on any atom is -0.361 e. The molecule has 4 rings (SSSR count). The lowest BCUT2D eigenvalue weighted by molar-refractivity contribution is -0.137. The number of carbonyl (C=O) groups excluding carboxylic acids is 1. The maximum absolute atomic E-state index is 12.7. The SMILES string of the molecule is O=C(CN1CCN(c2ccc(C(F)(F)F)cn2)CC1)NCCc1c[nH]c2ccccc12. The summed E-state index contributed by atoms with van der Waals surface area (Å²) in [5.41, 5.74) is 1.51. The number of H-pyrrole nitrogens is 1. The average molecular weight is 431 g/mol. The standard InChI is InChI=1S/C22H24F3N5O/c23-22(24,25)17-5-6-20(28-14-17)30-11-9-29(10-12-30)15-21(31)26-8-7-16-13-27-19-4-2-1-3-18(16)19/h1-6,13-14,27H,7-12,15H2,(H,26,31). The predicted molar refractivity (Wildman–Crippen MR) is 113 cm³/mol. The van der Waals surface area contributed by atoms with Gasteiger partial charge in [-0.15, -0.1) is 0 Å². The summed E-state index contributed by atoms with van der Waals surface area (Å²) in [7, 11) is 0. The molecule has 1 aliphatic heterocycles. The van der Waals surface area contributed by atoms with Crippen LogP contribution in [0.3, 0.4) is 0 Å². The fraction of sp³-hybridized carbons (Fsp3) is 0.364. The predicted octanol–water partition coefficient (Wildman–Crippen LogP) is 3.06. The molecule has 0 atom stereocenters. The van der Waals surface area contributed by atoms with E-state index in [2.05, 4.69) is 21.4 Å². The van der Waals surface area contributed by atoms with Crippen LogP contribution in [0.1, 0.15) is 11.1 Å². The Hall–Kier alpha value is -3.07. The number of pyridine rings is 1. The van der Waals surface area contributed by atoms with E-state index in [1.165, 1.54) is 17.0 Å². The molecule has 164 valence electrons. The third kappa shape index (κ3) is 5.16. The Morgan fingerprint density at radius 1 is 1.10 bits per heavy atom. The van der Waals surface area contributed by atoms with E-state index in [1.54, 1.807) is 0 Å². The molecule has 0 radical (unpaired) electrons. The van der Waals surface area contributed by atoms with Gasteiger partial charge in [-0.1, -0.05) is 18.2 Å². The van der Waals surface area contributed by atoms with Crippen LogP contribution < -0.4 is 10.2 Å². The van der Waals surface area contributed by atoms with Crippen molar-refractivity contribution in [2.75, 3.05) is 44.2 Å². The Morgan fingerprint density at radius 2 is 1.87 bits per heavy atom. The van der Waals surface area contributed by atoms with Gasteiger partial charge in [0.25, 0.3) is 0 Å². The number of fused-ring (bicyclic) bond motifs is 1. The van der Waals surface area contributed by atoms with Gasteiger partial charge in [0.2, 0.25) is 5.91 Å². The zero-order valence-electron chi connectivity index (χ0n) is 17.0. The van der Waals surface area contributed by atoms with Crippen LogP contribution in [-0.4, -0.2) is 60.0 Å². The van der Waals surface area contributed by atoms with Crippen LogP contribution in [0.4, 0.5) is 19.0 Å². The number of para-hydroxylation sites is 1. The Morgan fingerprint density at radius 3 is 2.58 bits per heavy atom. The van der Waals surface area contributed by atoms with E-state index in [0.717, 1.165) is 24.2 Å². The van der Waals surface area contributed by atoms with Crippen molar-refractivity contribution < 1.29 is 18.0 Å². The zero-order valence-corrected chi connectivity index (χ0v) is 17.0. The Kier molecular flexibility index (Phi) is 6.13. The summed E-state index contributed by atoms with van der Waals surface area (Å²) < 4.78 is 38.0. The number of amides is 1. The van der Waals surface area contributed by atoms with Gasteiger partial charge in [-0.05, 0) is 30.2 Å². The molecule has 1 saturated heterocycles. The van der Waals surface area contributed by atoms with Gasteiger partial charge >= 0.3 is 6.18 Å². The van der Waals surface area contributed by atoms with Crippen molar-refractivity contribution in [3.05, 3.63) is 59.9 Å². The first kappa shape index (κ1) is 21.2. The average Bonchev–Trinajstić information content (AvgIpc) is 3.17. The molecule has 0 bridgehead atoms. The summed E-state index contributed by atoms with van der Waals surface area (Å²) in [6.45, 7) is 3.40. The summed E-state index contributed by atoms with van der Waals surface area (Å²) in [5, 5.41) is 4.14. The van der Waals surface area contributed by atoms with E-state index in [9.17, 15) is 18.0 Å². The fourth-order valence-electron chi connectivity index (χ4n) is 3.81. The van der Waals surface area contributed by atoms with Gasteiger partial charge in [-0.3, -0.25) is 9.69 Å². The molecule has 1 amide bonds. The van der Waals surface area contributed by atoms with Crippen LogP contribution in [0, 0.1) is 0 Å². The smallest absolute Gasteiger partial charge is 0.361 e. The molecule has 2 aromatic heterocycles. The van der Waals surface area contributed by atoms with Crippen LogP contribution in [0.5, 0.6) is 0 Å². The molecule has 2 N–H and O–H groups in total. The van der Waals surface area contributed by atoms with Crippen molar-refractivity contribution >= 4 is 22.6 Å². The number of hydrogen-bond acceptors (Lipinski definition) is 4. The number of benzene rings is 1. The highest BCUT2D eigenvalue weighted by Gasteiger charge is 2.31. The number of aromatic amines is 1. The second-order valence-electron chi connectivity index (χ2n) is 7.63. The van der Waals surface area contributed by atoms with Crippen LogP contribution in [0.2, 0.25) is 0 Å². The summed E-state index contributed by atoms with van der Waals surface area (Å²) in [5.74, 6) is 0.497. The molecule has 3 heterocycles. The van der Waals surface area contributed by atoms with Crippen molar-refractivity contribution in [2.24, 2.45) is 0 Å². The largest absolute Gasteiger partial charge is 0.417 e. The van der Waals surface area contributed by atoms with E-state index in [4.69, 9.17) is 0 Å². The molecular formula is C22H24F3N5O. The van der Waals surface area contributed by atoms with Gasteiger partial charge in [-0.2, -0.15) is 13.2 Å². The third-order valence-electron chi connectivity index (χ3n) is 5.53. The van der Waals surface area contributed by atoms with Crippen molar-refractivity contribution in [1.29, 1.82) is 0 Å². The number of hydrogen-bond donors (Lipinski definition) is 2. The van der Waals surface area contributed by atoms with Crippen LogP contribution in [0.15, 0.2) is 48.8 Å². The normalized spacial score (nSPS) is 15.4. The maximum atomic E-state index is 12.7. The minimum atomic E-state index is -4.38. The Bertz CT molecular complexity index is 1020. The molecule has 0 spiro atoms. The van der Waals surface area contributed by atoms with Gasteiger partial charge in [0.15, 0.2) is 0 Å². The lowest BCUT2D eigenvalue weighted by Crippen LogP contribution is -2.49. The minimum absolute atomic E-state index is 0.0269. The lowest BCUT2D eigenvalue weighted by Gasteiger charge is -2.35. The van der Waals surface area contributed by atoms with Gasteiger partial charge < -0.3 is 15.2 Å². The number of alkyl halides is 3. The maximum Gasteiger partial charge on any atom is 0.417 e. The highest BCUT2D eigenvalue weighted by atomic mass is 19.4. The number of rotatable bonds is 6. The Labute approximate surface area is 178 Å².